The quantitative estimate of drug-likeness (QED) is 0.837. The molecule has 0 radical (unpaired) electrons. The highest BCUT2D eigenvalue weighted by molar-refractivity contribution is 5.94. The number of aromatic nitrogens is 2. The number of hydrogen-bond acceptors (Lipinski definition) is 5. The summed E-state index contributed by atoms with van der Waals surface area (Å²) in [5.41, 5.74) is 2.43. The summed E-state index contributed by atoms with van der Waals surface area (Å²) in [6.45, 7) is 5.74. The number of carbonyl (C=O) groups is 1. The van der Waals surface area contributed by atoms with Crippen molar-refractivity contribution in [3.63, 3.8) is 0 Å². The van der Waals surface area contributed by atoms with Crippen molar-refractivity contribution in [2.75, 3.05) is 31.1 Å². The van der Waals surface area contributed by atoms with Crippen LogP contribution >= 0.6 is 0 Å². The zero-order valence-electron chi connectivity index (χ0n) is 14.2. The van der Waals surface area contributed by atoms with E-state index in [0.29, 0.717) is 43.1 Å². The van der Waals surface area contributed by atoms with Crippen molar-refractivity contribution in [3.05, 3.63) is 52.5 Å². The largest absolute Gasteiger partial charge is 0.350 e. The fraction of sp³-hybridized carbons (Fsp3) is 0.333. The van der Waals surface area contributed by atoms with Crippen molar-refractivity contribution in [1.82, 2.24) is 15.1 Å². The molecular weight excluding hydrogens is 321 g/mol. The van der Waals surface area contributed by atoms with E-state index in [2.05, 4.69) is 16.3 Å². The Morgan fingerprint density at radius 1 is 1.20 bits per heavy atom. The van der Waals surface area contributed by atoms with Crippen molar-refractivity contribution in [3.8, 4) is 6.07 Å². The molecular formula is C18H18FN5O. The molecule has 1 aromatic heterocycles. The van der Waals surface area contributed by atoms with Gasteiger partial charge in [-0.25, -0.2) is 4.39 Å². The van der Waals surface area contributed by atoms with Gasteiger partial charge >= 0.3 is 0 Å². The summed E-state index contributed by atoms with van der Waals surface area (Å²) in [5.74, 6) is -0.0529. The van der Waals surface area contributed by atoms with E-state index >= 15 is 0 Å². The van der Waals surface area contributed by atoms with Gasteiger partial charge in [-0.15, -0.1) is 5.10 Å². The highest BCUT2D eigenvalue weighted by Crippen LogP contribution is 2.22. The SMILES string of the molecule is Cc1nnc(N2CCN(C(=O)c3cccc(F)c3)CC2)c(C#N)c1C. The molecule has 128 valence electrons. The van der Waals surface area contributed by atoms with Gasteiger partial charge in [-0.2, -0.15) is 10.4 Å². The Morgan fingerprint density at radius 2 is 1.92 bits per heavy atom. The Morgan fingerprint density at radius 3 is 2.56 bits per heavy atom. The number of hydrogen-bond donors (Lipinski definition) is 0. The second-order valence-electron chi connectivity index (χ2n) is 6.01. The van der Waals surface area contributed by atoms with Crippen LogP contribution in [0.25, 0.3) is 0 Å². The standard InChI is InChI=1S/C18H18FN5O/c1-12-13(2)21-22-17(16(12)11-20)23-6-8-24(9-7-23)18(25)14-4-3-5-15(19)10-14/h3-5,10H,6-9H2,1-2H3. The summed E-state index contributed by atoms with van der Waals surface area (Å²) < 4.78 is 13.3. The van der Waals surface area contributed by atoms with Crippen LogP contribution in [0.1, 0.15) is 27.2 Å². The third-order valence-electron chi connectivity index (χ3n) is 4.49. The molecule has 2 heterocycles. The number of carbonyl (C=O) groups excluding carboxylic acids is 1. The van der Waals surface area contributed by atoms with Gasteiger partial charge in [0, 0.05) is 31.7 Å². The zero-order valence-corrected chi connectivity index (χ0v) is 14.2. The van der Waals surface area contributed by atoms with Crippen LogP contribution in [0, 0.1) is 31.0 Å². The molecule has 1 aliphatic heterocycles. The van der Waals surface area contributed by atoms with Gasteiger partial charge in [-0.3, -0.25) is 4.79 Å². The van der Waals surface area contributed by atoms with Crippen LogP contribution < -0.4 is 4.90 Å². The topological polar surface area (TPSA) is 73.1 Å². The Balaban J connectivity index is 1.74. The van der Waals surface area contributed by atoms with E-state index in [9.17, 15) is 14.4 Å². The van der Waals surface area contributed by atoms with Crippen LogP contribution in [-0.4, -0.2) is 47.2 Å². The second-order valence-corrected chi connectivity index (χ2v) is 6.01. The third kappa shape index (κ3) is 3.29. The second kappa shape index (κ2) is 6.85. The zero-order chi connectivity index (χ0) is 18.0. The van der Waals surface area contributed by atoms with Crippen molar-refractivity contribution >= 4 is 11.7 Å². The fourth-order valence-corrected chi connectivity index (χ4v) is 2.88. The highest BCUT2D eigenvalue weighted by atomic mass is 19.1. The molecule has 7 heteroatoms. The van der Waals surface area contributed by atoms with Crippen LogP contribution in [0.4, 0.5) is 10.2 Å². The van der Waals surface area contributed by atoms with E-state index in [0.717, 1.165) is 11.3 Å². The van der Waals surface area contributed by atoms with Gasteiger partial charge in [0.1, 0.15) is 17.4 Å². The molecule has 0 atom stereocenters. The number of nitriles is 1. The average Bonchev–Trinajstić information content (AvgIpc) is 2.63. The first-order valence-corrected chi connectivity index (χ1v) is 8.05. The predicted molar refractivity (Wildman–Crippen MR) is 90.7 cm³/mol. The first kappa shape index (κ1) is 16.8. The molecule has 0 bridgehead atoms. The molecule has 0 saturated carbocycles. The lowest BCUT2D eigenvalue weighted by Crippen LogP contribution is -2.49. The summed E-state index contributed by atoms with van der Waals surface area (Å²) in [5, 5.41) is 17.7. The van der Waals surface area contributed by atoms with Crippen LogP contribution in [0.2, 0.25) is 0 Å². The summed E-state index contributed by atoms with van der Waals surface area (Å²) in [6.07, 6.45) is 0. The van der Waals surface area contributed by atoms with Crippen molar-refractivity contribution in [1.29, 1.82) is 5.26 Å². The Kier molecular flexibility index (Phi) is 4.61. The Bertz CT molecular complexity index is 853. The number of benzene rings is 1. The number of piperazine rings is 1. The Hall–Kier alpha value is -3.01. The van der Waals surface area contributed by atoms with Gasteiger partial charge in [0.15, 0.2) is 5.82 Å². The number of amides is 1. The van der Waals surface area contributed by atoms with Gasteiger partial charge < -0.3 is 9.80 Å². The van der Waals surface area contributed by atoms with Gasteiger partial charge in [0.05, 0.1) is 5.69 Å². The minimum absolute atomic E-state index is 0.189. The highest BCUT2D eigenvalue weighted by Gasteiger charge is 2.25. The smallest absolute Gasteiger partial charge is 0.254 e. The minimum Gasteiger partial charge on any atom is -0.350 e. The van der Waals surface area contributed by atoms with Gasteiger partial charge in [-0.05, 0) is 37.6 Å². The molecule has 0 spiro atoms. The molecule has 2 aromatic rings. The van der Waals surface area contributed by atoms with Crippen LogP contribution in [0.3, 0.4) is 0 Å². The molecule has 6 nitrogen and oxygen atoms in total. The van der Waals surface area contributed by atoms with Crippen molar-refractivity contribution < 1.29 is 9.18 Å². The Labute approximate surface area is 145 Å². The molecule has 3 rings (SSSR count). The van der Waals surface area contributed by atoms with E-state index < -0.39 is 5.82 Å². The first-order chi connectivity index (χ1) is 12.0. The summed E-state index contributed by atoms with van der Waals surface area (Å²) >= 11 is 0. The first-order valence-electron chi connectivity index (χ1n) is 8.05. The molecule has 1 saturated heterocycles. The molecule has 1 amide bonds. The summed E-state index contributed by atoms with van der Waals surface area (Å²) in [7, 11) is 0. The van der Waals surface area contributed by atoms with Crippen LogP contribution in [0.5, 0.6) is 0 Å². The third-order valence-corrected chi connectivity index (χ3v) is 4.49. The van der Waals surface area contributed by atoms with Crippen molar-refractivity contribution in [2.45, 2.75) is 13.8 Å². The van der Waals surface area contributed by atoms with E-state index in [1.54, 1.807) is 11.0 Å². The predicted octanol–water partition coefficient (Wildman–Crippen LogP) is 2.07. The molecule has 25 heavy (non-hydrogen) atoms. The lowest BCUT2D eigenvalue weighted by atomic mass is 10.1. The molecule has 1 aromatic carbocycles. The summed E-state index contributed by atoms with van der Waals surface area (Å²) in [4.78, 5) is 16.1. The molecule has 1 fully saturated rings. The van der Waals surface area contributed by atoms with Gasteiger partial charge in [-0.1, -0.05) is 6.07 Å². The van der Waals surface area contributed by atoms with Crippen molar-refractivity contribution in [2.24, 2.45) is 0 Å². The molecule has 0 unspecified atom stereocenters. The van der Waals surface area contributed by atoms with E-state index in [1.165, 1.54) is 18.2 Å². The number of nitrogens with zero attached hydrogens (tertiary/aromatic N) is 5. The molecule has 0 N–H and O–H groups in total. The lowest BCUT2D eigenvalue weighted by molar-refractivity contribution is 0.0746. The average molecular weight is 339 g/mol. The van der Waals surface area contributed by atoms with Gasteiger partial charge in [0.25, 0.3) is 5.91 Å². The number of halogens is 1. The minimum atomic E-state index is -0.423. The molecule has 1 aliphatic rings. The number of anilines is 1. The molecule has 0 aliphatic carbocycles. The fourth-order valence-electron chi connectivity index (χ4n) is 2.88. The van der Waals surface area contributed by atoms with E-state index in [1.807, 2.05) is 18.7 Å². The maximum atomic E-state index is 13.3. The number of aryl methyl sites for hydroxylation is 1. The van der Waals surface area contributed by atoms with E-state index in [-0.39, 0.29) is 5.91 Å². The summed E-state index contributed by atoms with van der Waals surface area (Å²) in [6, 6.07) is 7.91. The monoisotopic (exact) mass is 339 g/mol. The number of rotatable bonds is 2. The van der Waals surface area contributed by atoms with Gasteiger partial charge in [0.2, 0.25) is 0 Å². The lowest BCUT2D eigenvalue weighted by Gasteiger charge is -2.35. The maximum Gasteiger partial charge on any atom is 0.254 e. The van der Waals surface area contributed by atoms with E-state index in [4.69, 9.17) is 0 Å². The maximum absolute atomic E-state index is 13.3. The van der Waals surface area contributed by atoms with Crippen LogP contribution in [-0.2, 0) is 0 Å². The van der Waals surface area contributed by atoms with Crippen LogP contribution in [0.15, 0.2) is 24.3 Å². The normalized spacial score (nSPS) is 14.3.